The summed E-state index contributed by atoms with van der Waals surface area (Å²) in [7, 11) is 3.50. The summed E-state index contributed by atoms with van der Waals surface area (Å²) >= 11 is 0. The Hall–Kier alpha value is -1.59. The van der Waals surface area contributed by atoms with E-state index in [0.29, 0.717) is 13.1 Å². The zero-order valence-electron chi connectivity index (χ0n) is 10.8. The van der Waals surface area contributed by atoms with Gasteiger partial charge in [0.25, 0.3) is 0 Å². The van der Waals surface area contributed by atoms with Crippen LogP contribution in [0, 0.1) is 0 Å². The summed E-state index contributed by atoms with van der Waals surface area (Å²) < 4.78 is 5.26. The van der Waals surface area contributed by atoms with Crippen LogP contribution in [-0.4, -0.2) is 49.8 Å². The molecule has 100 valence electrons. The van der Waals surface area contributed by atoms with Gasteiger partial charge in [-0.05, 0) is 13.1 Å². The van der Waals surface area contributed by atoms with Crippen molar-refractivity contribution in [3.8, 4) is 5.75 Å². The van der Waals surface area contributed by atoms with Crippen molar-refractivity contribution in [1.82, 2.24) is 10.2 Å². The van der Waals surface area contributed by atoms with Crippen LogP contribution in [0.5, 0.6) is 5.75 Å². The average Bonchev–Trinajstić information content (AvgIpc) is 2.36. The molecule has 0 aromatic heterocycles. The molecule has 0 saturated heterocycles. The number of methoxy groups -OCH3 is 1. The lowest BCUT2D eigenvalue weighted by Crippen LogP contribution is -2.36. The van der Waals surface area contributed by atoms with Gasteiger partial charge in [0.2, 0.25) is 5.91 Å². The van der Waals surface area contributed by atoms with Crippen LogP contribution in [0.3, 0.4) is 0 Å². The summed E-state index contributed by atoms with van der Waals surface area (Å²) in [6, 6.07) is 7.73. The molecule has 1 rings (SSSR count). The van der Waals surface area contributed by atoms with Gasteiger partial charge in [0.05, 0.1) is 20.3 Å². The highest BCUT2D eigenvalue weighted by atomic mass is 16.5. The SMILES string of the molecule is COc1ccccc1CN(C)CC(=O)NCCO. The Morgan fingerprint density at radius 2 is 2.17 bits per heavy atom. The van der Waals surface area contributed by atoms with E-state index in [-0.39, 0.29) is 19.1 Å². The van der Waals surface area contributed by atoms with Gasteiger partial charge in [0.15, 0.2) is 0 Å². The molecular formula is C13H20N2O3. The molecule has 0 bridgehead atoms. The molecule has 18 heavy (non-hydrogen) atoms. The Kier molecular flexibility index (Phi) is 6.18. The quantitative estimate of drug-likeness (QED) is 0.729. The molecule has 0 aliphatic carbocycles. The highest BCUT2D eigenvalue weighted by molar-refractivity contribution is 5.77. The number of nitrogens with one attached hydrogen (secondary N) is 1. The third kappa shape index (κ3) is 4.73. The van der Waals surface area contributed by atoms with E-state index in [9.17, 15) is 4.79 Å². The van der Waals surface area contributed by atoms with Crippen molar-refractivity contribution in [1.29, 1.82) is 0 Å². The third-order valence-electron chi connectivity index (χ3n) is 2.48. The molecule has 0 aliphatic rings. The Morgan fingerprint density at radius 3 is 2.83 bits per heavy atom. The second-order valence-electron chi connectivity index (χ2n) is 4.06. The standard InChI is InChI=1S/C13H20N2O3/c1-15(10-13(17)14-7-8-16)9-11-5-3-4-6-12(11)18-2/h3-6,16H,7-10H2,1-2H3,(H,14,17). The largest absolute Gasteiger partial charge is 0.496 e. The van der Waals surface area contributed by atoms with E-state index in [1.165, 1.54) is 0 Å². The number of hydrogen-bond donors (Lipinski definition) is 2. The summed E-state index contributed by atoms with van der Waals surface area (Å²) in [5.41, 5.74) is 1.04. The van der Waals surface area contributed by atoms with Crippen molar-refractivity contribution < 1.29 is 14.6 Å². The Balaban J connectivity index is 2.48. The summed E-state index contributed by atoms with van der Waals surface area (Å²) in [6.45, 7) is 1.18. The smallest absolute Gasteiger partial charge is 0.234 e. The lowest BCUT2D eigenvalue weighted by molar-refractivity contribution is -0.122. The number of aliphatic hydroxyl groups excluding tert-OH is 1. The number of aliphatic hydroxyl groups is 1. The minimum atomic E-state index is -0.0959. The molecule has 0 unspecified atom stereocenters. The van der Waals surface area contributed by atoms with Crippen LogP contribution in [0.4, 0.5) is 0 Å². The number of rotatable bonds is 7. The topological polar surface area (TPSA) is 61.8 Å². The van der Waals surface area contributed by atoms with E-state index >= 15 is 0 Å². The van der Waals surface area contributed by atoms with Crippen LogP contribution in [0.1, 0.15) is 5.56 Å². The fourth-order valence-electron chi connectivity index (χ4n) is 1.68. The Morgan fingerprint density at radius 1 is 1.44 bits per heavy atom. The molecule has 0 saturated carbocycles. The van der Waals surface area contributed by atoms with Gasteiger partial charge in [0.1, 0.15) is 5.75 Å². The molecule has 0 radical (unpaired) electrons. The molecule has 0 heterocycles. The molecular weight excluding hydrogens is 232 g/mol. The van der Waals surface area contributed by atoms with Gasteiger partial charge in [-0.1, -0.05) is 18.2 Å². The Bertz CT molecular complexity index is 382. The van der Waals surface area contributed by atoms with E-state index in [4.69, 9.17) is 9.84 Å². The van der Waals surface area contributed by atoms with E-state index < -0.39 is 0 Å². The fraction of sp³-hybridized carbons (Fsp3) is 0.462. The lowest BCUT2D eigenvalue weighted by atomic mass is 10.2. The molecule has 5 heteroatoms. The van der Waals surface area contributed by atoms with Crippen LogP contribution in [0.2, 0.25) is 0 Å². The van der Waals surface area contributed by atoms with Crippen molar-refractivity contribution in [3.63, 3.8) is 0 Å². The van der Waals surface area contributed by atoms with Crippen molar-refractivity contribution in [3.05, 3.63) is 29.8 Å². The molecule has 0 fully saturated rings. The van der Waals surface area contributed by atoms with E-state index in [1.54, 1.807) is 7.11 Å². The van der Waals surface area contributed by atoms with Crippen LogP contribution >= 0.6 is 0 Å². The number of carbonyl (C=O) groups is 1. The third-order valence-corrected chi connectivity index (χ3v) is 2.48. The first-order valence-corrected chi connectivity index (χ1v) is 5.85. The summed E-state index contributed by atoms with van der Waals surface area (Å²) in [5.74, 6) is 0.724. The van der Waals surface area contributed by atoms with Crippen LogP contribution in [-0.2, 0) is 11.3 Å². The summed E-state index contributed by atoms with van der Waals surface area (Å²) in [4.78, 5) is 13.4. The number of likely N-dealkylation sites (N-methyl/N-ethyl adjacent to an activating group) is 1. The van der Waals surface area contributed by atoms with Gasteiger partial charge >= 0.3 is 0 Å². The van der Waals surface area contributed by atoms with Crippen molar-refractivity contribution in [2.75, 3.05) is 33.9 Å². The van der Waals surface area contributed by atoms with Crippen molar-refractivity contribution in [2.45, 2.75) is 6.54 Å². The maximum Gasteiger partial charge on any atom is 0.234 e. The Labute approximate surface area is 107 Å². The molecule has 1 amide bonds. The van der Waals surface area contributed by atoms with Crippen LogP contribution in [0.15, 0.2) is 24.3 Å². The minimum absolute atomic E-state index is 0.0397. The summed E-state index contributed by atoms with van der Waals surface area (Å²) in [5, 5.41) is 11.2. The number of ether oxygens (including phenoxy) is 1. The van der Waals surface area contributed by atoms with Gasteiger partial charge in [-0.15, -0.1) is 0 Å². The number of para-hydroxylation sites is 1. The predicted molar refractivity (Wildman–Crippen MR) is 69.4 cm³/mol. The first-order chi connectivity index (χ1) is 8.67. The number of nitrogens with zero attached hydrogens (tertiary/aromatic N) is 1. The second-order valence-corrected chi connectivity index (χ2v) is 4.06. The normalized spacial score (nSPS) is 10.4. The highest BCUT2D eigenvalue weighted by Crippen LogP contribution is 2.18. The fourth-order valence-corrected chi connectivity index (χ4v) is 1.68. The first kappa shape index (κ1) is 14.5. The van der Waals surface area contributed by atoms with Crippen molar-refractivity contribution >= 4 is 5.91 Å². The van der Waals surface area contributed by atoms with Gasteiger partial charge < -0.3 is 15.2 Å². The number of benzene rings is 1. The van der Waals surface area contributed by atoms with Gasteiger partial charge in [-0.2, -0.15) is 0 Å². The second kappa shape index (κ2) is 7.68. The number of carbonyl (C=O) groups excluding carboxylic acids is 1. The van der Waals surface area contributed by atoms with E-state index in [2.05, 4.69) is 5.32 Å². The number of amides is 1. The average molecular weight is 252 g/mol. The first-order valence-electron chi connectivity index (χ1n) is 5.85. The minimum Gasteiger partial charge on any atom is -0.496 e. The van der Waals surface area contributed by atoms with E-state index in [1.807, 2.05) is 36.2 Å². The van der Waals surface area contributed by atoms with Crippen LogP contribution < -0.4 is 10.1 Å². The molecule has 0 spiro atoms. The number of hydrogen-bond acceptors (Lipinski definition) is 4. The molecule has 0 aliphatic heterocycles. The van der Waals surface area contributed by atoms with Gasteiger partial charge in [0, 0.05) is 18.7 Å². The molecule has 0 atom stereocenters. The molecule has 1 aromatic carbocycles. The lowest BCUT2D eigenvalue weighted by Gasteiger charge is -2.17. The predicted octanol–water partition coefficient (Wildman–Crippen LogP) is 0.236. The zero-order chi connectivity index (χ0) is 13.4. The van der Waals surface area contributed by atoms with Crippen LogP contribution in [0.25, 0.3) is 0 Å². The van der Waals surface area contributed by atoms with Gasteiger partial charge in [-0.25, -0.2) is 0 Å². The van der Waals surface area contributed by atoms with Crippen molar-refractivity contribution in [2.24, 2.45) is 0 Å². The monoisotopic (exact) mass is 252 g/mol. The maximum absolute atomic E-state index is 11.5. The zero-order valence-corrected chi connectivity index (χ0v) is 10.8. The van der Waals surface area contributed by atoms with Gasteiger partial charge in [-0.3, -0.25) is 9.69 Å². The van der Waals surface area contributed by atoms with E-state index in [0.717, 1.165) is 11.3 Å². The maximum atomic E-state index is 11.5. The molecule has 1 aromatic rings. The highest BCUT2D eigenvalue weighted by Gasteiger charge is 2.09. The summed E-state index contributed by atoms with van der Waals surface area (Å²) in [6.07, 6.45) is 0. The molecule has 5 nitrogen and oxygen atoms in total. The molecule has 2 N–H and O–H groups in total.